The van der Waals surface area contributed by atoms with E-state index in [1.54, 1.807) is 0 Å². The van der Waals surface area contributed by atoms with Crippen LogP contribution in [0, 0.1) is 0 Å². The zero-order chi connectivity index (χ0) is 9.52. The molecule has 2 nitrogen and oxygen atoms in total. The average molecular weight is 188 g/mol. The summed E-state index contributed by atoms with van der Waals surface area (Å²) in [4.78, 5) is 2.37. The molecule has 0 amide bonds. The Morgan fingerprint density at radius 2 is 2.08 bits per heavy atom. The van der Waals surface area contributed by atoms with Gasteiger partial charge in [-0.2, -0.15) is 0 Å². The fourth-order valence-corrected chi connectivity index (χ4v) is 1.93. The summed E-state index contributed by atoms with van der Waals surface area (Å²) in [5.41, 5.74) is 0. The maximum atomic E-state index is 11.9. The number of nitrogens with one attached hydrogen (secondary N) is 1. The minimum Gasteiger partial charge on any atom is -0.314 e. The fourth-order valence-electron chi connectivity index (χ4n) is 1.93. The molecule has 0 aliphatic carbocycles. The Balaban J connectivity index is 2.08. The van der Waals surface area contributed by atoms with Crippen LogP contribution in [0.3, 0.4) is 0 Å². The zero-order valence-electron chi connectivity index (χ0n) is 8.56. The van der Waals surface area contributed by atoms with Crippen molar-refractivity contribution < 1.29 is 4.39 Å². The van der Waals surface area contributed by atoms with Gasteiger partial charge in [-0.3, -0.25) is 4.39 Å². The number of nitrogens with zero attached hydrogens (tertiary/aromatic N) is 1. The lowest BCUT2D eigenvalue weighted by Gasteiger charge is -2.32. The molecule has 0 aromatic rings. The lowest BCUT2D eigenvalue weighted by molar-refractivity contribution is 0.192. The van der Waals surface area contributed by atoms with E-state index < -0.39 is 0 Å². The first-order chi connectivity index (χ1) is 6.36. The molecule has 1 rings (SSSR count). The smallest absolute Gasteiger partial charge is 0.0906 e. The highest BCUT2D eigenvalue weighted by Gasteiger charge is 2.17. The largest absolute Gasteiger partial charge is 0.314 e. The van der Waals surface area contributed by atoms with E-state index in [1.807, 2.05) is 0 Å². The Morgan fingerprint density at radius 3 is 2.62 bits per heavy atom. The third-order valence-electron chi connectivity index (χ3n) is 2.69. The van der Waals surface area contributed by atoms with E-state index in [0.29, 0.717) is 12.5 Å². The third kappa shape index (κ3) is 4.05. The molecule has 0 unspecified atom stereocenters. The summed E-state index contributed by atoms with van der Waals surface area (Å²) in [5.74, 6) is 0. The molecule has 0 aromatic carbocycles. The van der Waals surface area contributed by atoms with Crippen LogP contribution in [0.1, 0.15) is 26.2 Å². The van der Waals surface area contributed by atoms with Crippen LogP contribution in [0.2, 0.25) is 0 Å². The maximum absolute atomic E-state index is 11.9. The quantitative estimate of drug-likeness (QED) is 0.702. The van der Waals surface area contributed by atoms with Crippen LogP contribution in [0.5, 0.6) is 0 Å². The summed E-state index contributed by atoms with van der Waals surface area (Å²) in [7, 11) is 0. The van der Waals surface area contributed by atoms with Gasteiger partial charge in [-0.15, -0.1) is 0 Å². The number of likely N-dealkylation sites (tertiary alicyclic amines) is 1. The monoisotopic (exact) mass is 188 g/mol. The van der Waals surface area contributed by atoms with E-state index in [4.69, 9.17) is 0 Å². The van der Waals surface area contributed by atoms with Gasteiger partial charge in [0.1, 0.15) is 0 Å². The van der Waals surface area contributed by atoms with Gasteiger partial charge in [0.2, 0.25) is 0 Å². The second kappa shape index (κ2) is 6.33. The summed E-state index contributed by atoms with van der Waals surface area (Å²) < 4.78 is 11.9. The molecule has 1 N–H and O–H groups in total. The number of halogens is 1. The van der Waals surface area contributed by atoms with E-state index in [0.717, 1.165) is 26.2 Å². The molecule has 1 fully saturated rings. The van der Waals surface area contributed by atoms with E-state index in [2.05, 4.69) is 17.1 Å². The number of piperidine rings is 1. The summed E-state index contributed by atoms with van der Waals surface area (Å²) in [6, 6.07) is 0.701. The Kier molecular flexibility index (Phi) is 5.32. The van der Waals surface area contributed by atoms with E-state index >= 15 is 0 Å². The van der Waals surface area contributed by atoms with Crippen molar-refractivity contribution in [1.29, 1.82) is 0 Å². The van der Waals surface area contributed by atoms with Crippen molar-refractivity contribution >= 4 is 0 Å². The van der Waals surface area contributed by atoms with Crippen molar-refractivity contribution in [3.63, 3.8) is 0 Å². The highest BCUT2D eigenvalue weighted by molar-refractivity contribution is 4.76. The summed E-state index contributed by atoms with van der Waals surface area (Å²) in [5, 5.41) is 3.46. The topological polar surface area (TPSA) is 15.3 Å². The number of hydrogen-bond acceptors (Lipinski definition) is 2. The van der Waals surface area contributed by atoms with E-state index in [9.17, 15) is 4.39 Å². The summed E-state index contributed by atoms with van der Waals surface area (Å²) >= 11 is 0. The van der Waals surface area contributed by atoms with Crippen LogP contribution in [0.4, 0.5) is 4.39 Å². The molecule has 0 bridgehead atoms. The molecular formula is C10H21FN2. The van der Waals surface area contributed by atoms with Gasteiger partial charge in [-0.1, -0.05) is 6.92 Å². The predicted molar refractivity (Wildman–Crippen MR) is 53.7 cm³/mol. The van der Waals surface area contributed by atoms with Crippen LogP contribution in [-0.4, -0.2) is 43.8 Å². The Morgan fingerprint density at radius 1 is 1.38 bits per heavy atom. The molecule has 1 aliphatic rings. The normalized spacial score (nSPS) is 20.8. The molecule has 13 heavy (non-hydrogen) atoms. The number of rotatable bonds is 5. The summed E-state index contributed by atoms with van der Waals surface area (Å²) in [6.45, 7) is 6.25. The summed E-state index contributed by atoms with van der Waals surface area (Å²) in [6.07, 6.45) is 3.14. The molecule has 1 saturated heterocycles. The molecular weight excluding hydrogens is 167 g/mol. The Bertz CT molecular complexity index is 122. The van der Waals surface area contributed by atoms with Crippen molar-refractivity contribution in [3.05, 3.63) is 0 Å². The highest BCUT2D eigenvalue weighted by atomic mass is 19.1. The van der Waals surface area contributed by atoms with Crippen molar-refractivity contribution in [2.45, 2.75) is 32.2 Å². The van der Waals surface area contributed by atoms with Gasteiger partial charge in [0.05, 0.1) is 6.67 Å². The van der Waals surface area contributed by atoms with Gasteiger partial charge in [0.15, 0.2) is 0 Å². The van der Waals surface area contributed by atoms with Crippen LogP contribution in [0.25, 0.3) is 0 Å². The van der Waals surface area contributed by atoms with Crippen LogP contribution in [-0.2, 0) is 0 Å². The second-order valence-corrected chi connectivity index (χ2v) is 3.72. The first-order valence-electron chi connectivity index (χ1n) is 5.38. The van der Waals surface area contributed by atoms with Gasteiger partial charge < -0.3 is 10.2 Å². The number of alkyl halides is 1. The van der Waals surface area contributed by atoms with Gasteiger partial charge in [-0.25, -0.2) is 0 Å². The Labute approximate surface area is 80.5 Å². The van der Waals surface area contributed by atoms with E-state index in [1.165, 1.54) is 12.8 Å². The fraction of sp³-hybridized carbons (Fsp3) is 1.00. The molecule has 0 spiro atoms. The Hall–Kier alpha value is -0.150. The van der Waals surface area contributed by atoms with E-state index in [-0.39, 0.29) is 6.67 Å². The minimum absolute atomic E-state index is 0.173. The first kappa shape index (κ1) is 10.9. The molecule has 1 aliphatic heterocycles. The standard InChI is InChI=1S/C10H21FN2/c1-2-12-10-4-8-13(9-5-10)7-3-6-11/h10,12H,2-9H2,1H3. The molecule has 0 radical (unpaired) electrons. The molecule has 78 valence electrons. The van der Waals surface area contributed by atoms with Gasteiger partial charge in [0, 0.05) is 12.6 Å². The highest BCUT2D eigenvalue weighted by Crippen LogP contribution is 2.10. The van der Waals surface area contributed by atoms with Crippen molar-refractivity contribution in [2.75, 3.05) is 32.9 Å². The SMILES string of the molecule is CCNC1CCN(CCCF)CC1. The molecule has 0 saturated carbocycles. The lowest BCUT2D eigenvalue weighted by Crippen LogP contribution is -2.42. The predicted octanol–water partition coefficient (Wildman–Crippen LogP) is 1.42. The average Bonchev–Trinajstić information content (AvgIpc) is 2.17. The van der Waals surface area contributed by atoms with Crippen LogP contribution >= 0.6 is 0 Å². The van der Waals surface area contributed by atoms with Crippen molar-refractivity contribution in [3.8, 4) is 0 Å². The molecule has 3 heteroatoms. The molecule has 1 heterocycles. The molecule has 0 aromatic heterocycles. The molecule has 0 atom stereocenters. The number of hydrogen-bond donors (Lipinski definition) is 1. The first-order valence-corrected chi connectivity index (χ1v) is 5.38. The van der Waals surface area contributed by atoms with Gasteiger partial charge >= 0.3 is 0 Å². The minimum atomic E-state index is -0.173. The van der Waals surface area contributed by atoms with Gasteiger partial charge in [-0.05, 0) is 38.9 Å². The zero-order valence-corrected chi connectivity index (χ0v) is 8.56. The van der Waals surface area contributed by atoms with Crippen molar-refractivity contribution in [1.82, 2.24) is 10.2 Å². The van der Waals surface area contributed by atoms with Crippen molar-refractivity contribution in [2.24, 2.45) is 0 Å². The second-order valence-electron chi connectivity index (χ2n) is 3.72. The maximum Gasteiger partial charge on any atom is 0.0906 e. The van der Waals surface area contributed by atoms with Crippen LogP contribution < -0.4 is 5.32 Å². The third-order valence-corrected chi connectivity index (χ3v) is 2.69. The van der Waals surface area contributed by atoms with Crippen LogP contribution in [0.15, 0.2) is 0 Å². The van der Waals surface area contributed by atoms with Gasteiger partial charge in [0.25, 0.3) is 0 Å². The lowest BCUT2D eigenvalue weighted by atomic mass is 10.1.